The first-order valence-electron chi connectivity index (χ1n) is 7.66. The molecular formula is C16H24FNO2S. The van der Waals surface area contributed by atoms with E-state index in [4.69, 9.17) is 0 Å². The highest BCUT2D eigenvalue weighted by Crippen LogP contribution is 2.35. The van der Waals surface area contributed by atoms with E-state index in [2.05, 4.69) is 12.2 Å². The molecule has 0 aromatic heterocycles. The van der Waals surface area contributed by atoms with E-state index in [1.807, 2.05) is 0 Å². The van der Waals surface area contributed by atoms with Gasteiger partial charge in [-0.25, -0.2) is 12.8 Å². The van der Waals surface area contributed by atoms with Gasteiger partial charge in [-0.2, -0.15) is 0 Å². The molecule has 0 aliphatic heterocycles. The van der Waals surface area contributed by atoms with Gasteiger partial charge in [0, 0.05) is 6.04 Å². The van der Waals surface area contributed by atoms with Gasteiger partial charge < -0.3 is 5.32 Å². The summed E-state index contributed by atoms with van der Waals surface area (Å²) in [5.41, 5.74) is 0. The van der Waals surface area contributed by atoms with Crippen molar-refractivity contribution in [1.29, 1.82) is 0 Å². The van der Waals surface area contributed by atoms with Crippen LogP contribution in [0.15, 0.2) is 29.2 Å². The Kier molecular flexibility index (Phi) is 5.38. The first-order chi connectivity index (χ1) is 10.0. The standard InChI is InChI=1S/C16H24FNO2S/c1-3-6-12-9-10-14(18-2)16(11-12)21(19,20)15-8-5-4-7-13(15)17/h4-5,7-8,12,14,16,18H,3,6,9-11H2,1-2H3. The lowest BCUT2D eigenvalue weighted by atomic mass is 9.83. The minimum absolute atomic E-state index is 0.0947. The summed E-state index contributed by atoms with van der Waals surface area (Å²) in [6.07, 6.45) is 4.60. The number of rotatable bonds is 5. The summed E-state index contributed by atoms with van der Waals surface area (Å²) in [6.45, 7) is 2.12. The summed E-state index contributed by atoms with van der Waals surface area (Å²) in [4.78, 5) is -0.160. The second-order valence-corrected chi connectivity index (χ2v) is 8.01. The summed E-state index contributed by atoms with van der Waals surface area (Å²) in [6, 6.07) is 5.60. The van der Waals surface area contributed by atoms with Gasteiger partial charge in [0.05, 0.1) is 5.25 Å². The van der Waals surface area contributed by atoms with Gasteiger partial charge in [0.2, 0.25) is 0 Å². The zero-order valence-corrected chi connectivity index (χ0v) is 13.5. The van der Waals surface area contributed by atoms with Crippen molar-refractivity contribution in [3.05, 3.63) is 30.1 Å². The third-order valence-corrected chi connectivity index (χ3v) is 6.77. The molecule has 1 aliphatic rings. The summed E-state index contributed by atoms with van der Waals surface area (Å²) >= 11 is 0. The van der Waals surface area contributed by atoms with Gasteiger partial charge in [-0.15, -0.1) is 0 Å². The fourth-order valence-corrected chi connectivity index (χ4v) is 5.56. The molecule has 0 bridgehead atoms. The maximum atomic E-state index is 13.9. The van der Waals surface area contributed by atoms with Gasteiger partial charge >= 0.3 is 0 Å². The van der Waals surface area contributed by atoms with Crippen molar-refractivity contribution < 1.29 is 12.8 Å². The van der Waals surface area contributed by atoms with Crippen LogP contribution in [0.1, 0.15) is 39.0 Å². The van der Waals surface area contributed by atoms with Gasteiger partial charge in [0.15, 0.2) is 9.84 Å². The largest absolute Gasteiger partial charge is 0.316 e. The van der Waals surface area contributed by atoms with Crippen LogP contribution in [0.3, 0.4) is 0 Å². The first kappa shape index (κ1) is 16.4. The summed E-state index contributed by atoms with van der Waals surface area (Å²) in [7, 11) is -1.86. The molecular weight excluding hydrogens is 289 g/mol. The summed E-state index contributed by atoms with van der Waals surface area (Å²) in [5.74, 6) is -0.226. The second-order valence-electron chi connectivity index (χ2n) is 5.88. The molecule has 0 radical (unpaired) electrons. The molecule has 3 unspecified atom stereocenters. The number of hydrogen-bond donors (Lipinski definition) is 1. The van der Waals surface area contributed by atoms with Gasteiger partial charge in [0.25, 0.3) is 0 Å². The molecule has 3 nitrogen and oxygen atoms in total. The van der Waals surface area contributed by atoms with Crippen molar-refractivity contribution in [2.75, 3.05) is 7.05 Å². The number of sulfone groups is 1. The Bertz CT molecular complexity index is 573. The van der Waals surface area contributed by atoms with Crippen LogP contribution in [0.2, 0.25) is 0 Å². The topological polar surface area (TPSA) is 46.2 Å². The van der Waals surface area contributed by atoms with E-state index >= 15 is 0 Å². The van der Waals surface area contributed by atoms with E-state index in [1.54, 1.807) is 13.1 Å². The third-order valence-electron chi connectivity index (χ3n) is 4.51. The molecule has 1 aromatic rings. The second kappa shape index (κ2) is 6.88. The van der Waals surface area contributed by atoms with Crippen LogP contribution in [0, 0.1) is 11.7 Å². The minimum atomic E-state index is -3.64. The molecule has 1 fully saturated rings. The lowest BCUT2D eigenvalue weighted by Crippen LogP contribution is -2.47. The van der Waals surface area contributed by atoms with Crippen molar-refractivity contribution in [3.63, 3.8) is 0 Å². The van der Waals surface area contributed by atoms with Crippen LogP contribution >= 0.6 is 0 Å². The van der Waals surface area contributed by atoms with Crippen LogP contribution in [0.4, 0.5) is 4.39 Å². The molecule has 0 heterocycles. The predicted octanol–water partition coefficient (Wildman–Crippen LogP) is 3.16. The average Bonchev–Trinajstić information content (AvgIpc) is 2.48. The first-order valence-corrected chi connectivity index (χ1v) is 9.21. The highest BCUT2D eigenvalue weighted by Gasteiger charge is 2.39. The molecule has 1 N–H and O–H groups in total. The van der Waals surface area contributed by atoms with E-state index in [1.165, 1.54) is 18.2 Å². The molecule has 1 aliphatic carbocycles. The highest BCUT2D eigenvalue weighted by molar-refractivity contribution is 7.92. The molecule has 21 heavy (non-hydrogen) atoms. The fourth-order valence-electron chi connectivity index (χ4n) is 3.39. The smallest absolute Gasteiger partial charge is 0.185 e. The van der Waals surface area contributed by atoms with E-state index in [9.17, 15) is 12.8 Å². The third kappa shape index (κ3) is 3.46. The molecule has 0 amide bonds. The van der Waals surface area contributed by atoms with Gasteiger partial charge in [-0.3, -0.25) is 0 Å². The van der Waals surface area contributed by atoms with Crippen LogP contribution < -0.4 is 5.32 Å². The van der Waals surface area contributed by atoms with E-state index in [-0.39, 0.29) is 10.9 Å². The van der Waals surface area contributed by atoms with Gasteiger partial charge in [-0.1, -0.05) is 31.9 Å². The predicted molar refractivity (Wildman–Crippen MR) is 82.5 cm³/mol. The molecule has 0 saturated heterocycles. The molecule has 2 rings (SSSR count). The van der Waals surface area contributed by atoms with Gasteiger partial charge in [-0.05, 0) is 44.4 Å². The highest BCUT2D eigenvalue weighted by atomic mass is 32.2. The van der Waals surface area contributed by atoms with Crippen LogP contribution in [-0.2, 0) is 9.84 Å². The zero-order valence-electron chi connectivity index (χ0n) is 12.7. The maximum Gasteiger partial charge on any atom is 0.185 e. The number of benzene rings is 1. The molecule has 0 spiro atoms. The fraction of sp³-hybridized carbons (Fsp3) is 0.625. The average molecular weight is 313 g/mol. The Balaban J connectivity index is 2.33. The lowest BCUT2D eigenvalue weighted by molar-refractivity contribution is 0.288. The SMILES string of the molecule is CCCC1CCC(NC)C(S(=O)(=O)c2ccccc2F)C1. The van der Waals surface area contributed by atoms with E-state index in [0.717, 1.165) is 25.7 Å². The monoisotopic (exact) mass is 313 g/mol. The molecule has 1 saturated carbocycles. The lowest BCUT2D eigenvalue weighted by Gasteiger charge is -2.35. The van der Waals surface area contributed by atoms with Gasteiger partial charge in [0.1, 0.15) is 10.7 Å². The molecule has 1 aromatic carbocycles. The molecule has 118 valence electrons. The summed E-state index contributed by atoms with van der Waals surface area (Å²) < 4.78 is 39.6. The molecule has 3 atom stereocenters. The van der Waals surface area contributed by atoms with Crippen molar-refractivity contribution in [2.24, 2.45) is 5.92 Å². The van der Waals surface area contributed by atoms with E-state index in [0.29, 0.717) is 12.3 Å². The number of hydrogen-bond acceptors (Lipinski definition) is 3. The van der Waals surface area contributed by atoms with Crippen LogP contribution in [0.25, 0.3) is 0 Å². The van der Waals surface area contributed by atoms with E-state index < -0.39 is 20.9 Å². The Labute approximate surface area is 126 Å². The number of halogens is 1. The minimum Gasteiger partial charge on any atom is -0.316 e. The molecule has 5 heteroatoms. The Morgan fingerprint density at radius 1 is 1.29 bits per heavy atom. The Hall–Kier alpha value is -0.940. The maximum absolute atomic E-state index is 13.9. The Morgan fingerprint density at radius 2 is 2.00 bits per heavy atom. The summed E-state index contributed by atoms with van der Waals surface area (Å²) in [5, 5.41) is 2.57. The van der Waals surface area contributed by atoms with Crippen molar-refractivity contribution in [1.82, 2.24) is 5.32 Å². The zero-order chi connectivity index (χ0) is 15.5. The quantitative estimate of drug-likeness (QED) is 0.908. The van der Waals surface area contributed by atoms with Crippen molar-refractivity contribution >= 4 is 9.84 Å². The Morgan fingerprint density at radius 3 is 2.62 bits per heavy atom. The van der Waals surface area contributed by atoms with Crippen LogP contribution in [-0.4, -0.2) is 26.8 Å². The van der Waals surface area contributed by atoms with Crippen molar-refractivity contribution in [2.45, 2.75) is 55.2 Å². The normalized spacial score (nSPS) is 26.7. The van der Waals surface area contributed by atoms with Crippen molar-refractivity contribution in [3.8, 4) is 0 Å². The number of nitrogens with one attached hydrogen (secondary N) is 1. The van der Waals surface area contributed by atoms with Crippen LogP contribution in [0.5, 0.6) is 0 Å².